The highest BCUT2D eigenvalue weighted by molar-refractivity contribution is 7.92. The largest absolute Gasteiger partial charge is 0.481 e. The van der Waals surface area contributed by atoms with Crippen LogP contribution in [-0.2, 0) is 21.3 Å². The number of benzene rings is 1. The Labute approximate surface area is 189 Å². The third-order valence-electron chi connectivity index (χ3n) is 5.68. The number of nitrogens with zero attached hydrogens (tertiary/aromatic N) is 4. The zero-order chi connectivity index (χ0) is 22.7. The van der Waals surface area contributed by atoms with E-state index in [4.69, 9.17) is 9.47 Å². The summed E-state index contributed by atoms with van der Waals surface area (Å²) in [4.78, 5) is 4.59. The van der Waals surface area contributed by atoms with Crippen LogP contribution >= 0.6 is 0 Å². The van der Waals surface area contributed by atoms with E-state index in [0.717, 1.165) is 43.5 Å². The molecule has 1 aromatic carbocycles. The van der Waals surface area contributed by atoms with Gasteiger partial charge in [0.05, 0.1) is 23.7 Å². The molecule has 0 spiro atoms. The monoisotopic (exact) mass is 458 g/mol. The molecule has 8 nitrogen and oxygen atoms in total. The van der Waals surface area contributed by atoms with E-state index in [-0.39, 0.29) is 10.8 Å². The van der Waals surface area contributed by atoms with Crippen molar-refractivity contribution in [2.75, 3.05) is 31.2 Å². The summed E-state index contributed by atoms with van der Waals surface area (Å²) >= 11 is 0. The van der Waals surface area contributed by atoms with Gasteiger partial charge in [0.1, 0.15) is 5.82 Å². The molecular weight excluding hydrogens is 428 g/mol. The predicted octanol–water partition coefficient (Wildman–Crippen LogP) is 3.72. The van der Waals surface area contributed by atoms with E-state index in [1.54, 1.807) is 36.5 Å². The number of ether oxygens (including phenoxy) is 2. The molecule has 0 N–H and O–H groups in total. The molecule has 0 amide bonds. The minimum Gasteiger partial charge on any atom is -0.481 e. The standard InChI is InChI=1S/C23H30N4O4S/c1-17(2)15-27(22-5-4-6-23(25-22)30-3)32(28,29)20-7-8-21-19(13-20)14-24-26(21)16-18-9-11-31-12-10-18/h4-8,13-14,17-18H,9-12,15-16H2,1-3H3. The van der Waals surface area contributed by atoms with Crippen LogP contribution in [-0.4, -0.2) is 50.1 Å². The van der Waals surface area contributed by atoms with Gasteiger partial charge in [-0.1, -0.05) is 19.9 Å². The number of methoxy groups -OCH3 is 1. The van der Waals surface area contributed by atoms with E-state index >= 15 is 0 Å². The Morgan fingerprint density at radius 3 is 2.72 bits per heavy atom. The Balaban J connectivity index is 1.66. The van der Waals surface area contributed by atoms with E-state index < -0.39 is 10.0 Å². The van der Waals surface area contributed by atoms with Crippen LogP contribution in [0.5, 0.6) is 5.88 Å². The third-order valence-corrected chi connectivity index (χ3v) is 7.44. The van der Waals surface area contributed by atoms with Gasteiger partial charge in [0, 0.05) is 37.8 Å². The van der Waals surface area contributed by atoms with E-state index in [0.29, 0.717) is 24.2 Å². The average Bonchev–Trinajstić information content (AvgIpc) is 3.20. The second-order valence-electron chi connectivity index (χ2n) is 8.57. The summed E-state index contributed by atoms with van der Waals surface area (Å²) in [7, 11) is -2.31. The molecule has 4 rings (SSSR count). The van der Waals surface area contributed by atoms with Gasteiger partial charge < -0.3 is 9.47 Å². The lowest BCUT2D eigenvalue weighted by molar-refractivity contribution is 0.0605. The molecule has 1 fully saturated rings. The van der Waals surface area contributed by atoms with Crippen LogP contribution in [0.2, 0.25) is 0 Å². The molecule has 0 unspecified atom stereocenters. The molecule has 2 aromatic heterocycles. The summed E-state index contributed by atoms with van der Waals surface area (Å²) in [5, 5.41) is 5.33. The van der Waals surface area contributed by atoms with Gasteiger partial charge in [0.15, 0.2) is 0 Å². The molecule has 1 aliphatic rings. The lowest BCUT2D eigenvalue weighted by atomic mass is 10.0. The van der Waals surface area contributed by atoms with Crippen LogP contribution in [0, 0.1) is 11.8 Å². The maximum atomic E-state index is 13.6. The van der Waals surface area contributed by atoms with Gasteiger partial charge in [-0.3, -0.25) is 4.68 Å². The fourth-order valence-corrected chi connectivity index (χ4v) is 5.59. The van der Waals surface area contributed by atoms with Crippen molar-refractivity contribution >= 4 is 26.7 Å². The second-order valence-corrected chi connectivity index (χ2v) is 10.4. The highest BCUT2D eigenvalue weighted by Gasteiger charge is 2.28. The maximum absolute atomic E-state index is 13.6. The van der Waals surface area contributed by atoms with Gasteiger partial charge in [0.2, 0.25) is 5.88 Å². The normalized spacial score (nSPS) is 15.4. The molecule has 0 atom stereocenters. The number of pyridine rings is 1. The zero-order valence-corrected chi connectivity index (χ0v) is 19.6. The number of anilines is 1. The SMILES string of the molecule is COc1cccc(N(CC(C)C)S(=O)(=O)c2ccc3c(cnn3CC3CCOCC3)c2)n1. The first-order valence-corrected chi connectivity index (χ1v) is 12.4. The molecular formula is C23H30N4O4S. The number of fused-ring (bicyclic) bond motifs is 1. The first kappa shape index (κ1) is 22.5. The first-order chi connectivity index (χ1) is 15.4. The molecule has 172 valence electrons. The molecule has 0 radical (unpaired) electrons. The predicted molar refractivity (Wildman–Crippen MR) is 123 cm³/mol. The highest BCUT2D eigenvalue weighted by atomic mass is 32.2. The topological polar surface area (TPSA) is 86.6 Å². The summed E-state index contributed by atoms with van der Waals surface area (Å²) in [6, 6.07) is 10.3. The number of aromatic nitrogens is 3. The smallest absolute Gasteiger partial charge is 0.265 e. The van der Waals surface area contributed by atoms with Crippen molar-refractivity contribution in [3.63, 3.8) is 0 Å². The number of sulfonamides is 1. The van der Waals surface area contributed by atoms with Crippen molar-refractivity contribution in [3.05, 3.63) is 42.6 Å². The fourth-order valence-electron chi connectivity index (χ4n) is 3.97. The maximum Gasteiger partial charge on any atom is 0.265 e. The van der Waals surface area contributed by atoms with Gasteiger partial charge in [-0.2, -0.15) is 10.1 Å². The van der Waals surface area contributed by atoms with Crippen molar-refractivity contribution in [2.24, 2.45) is 11.8 Å². The highest BCUT2D eigenvalue weighted by Crippen LogP contribution is 2.28. The Morgan fingerprint density at radius 1 is 1.22 bits per heavy atom. The molecule has 0 bridgehead atoms. The van der Waals surface area contributed by atoms with Crippen molar-refractivity contribution in [2.45, 2.75) is 38.1 Å². The number of rotatable bonds is 8. The third kappa shape index (κ3) is 4.73. The van der Waals surface area contributed by atoms with Crippen molar-refractivity contribution in [1.29, 1.82) is 0 Å². The Hall–Kier alpha value is -2.65. The minimum atomic E-state index is -3.82. The van der Waals surface area contributed by atoms with Crippen LogP contribution in [0.25, 0.3) is 10.9 Å². The van der Waals surface area contributed by atoms with Gasteiger partial charge in [-0.05, 0) is 48.9 Å². The molecule has 1 saturated heterocycles. The summed E-state index contributed by atoms with van der Waals surface area (Å²) in [5.74, 6) is 1.35. The second kappa shape index (κ2) is 9.46. The molecule has 0 aliphatic carbocycles. The lowest BCUT2D eigenvalue weighted by Gasteiger charge is -2.25. The van der Waals surface area contributed by atoms with Crippen LogP contribution in [0.4, 0.5) is 5.82 Å². The van der Waals surface area contributed by atoms with Gasteiger partial charge in [0.25, 0.3) is 10.0 Å². The van der Waals surface area contributed by atoms with Crippen LogP contribution in [0.3, 0.4) is 0 Å². The van der Waals surface area contributed by atoms with Crippen molar-refractivity contribution < 1.29 is 17.9 Å². The van der Waals surface area contributed by atoms with Gasteiger partial charge in [-0.25, -0.2) is 12.7 Å². The Bertz CT molecular complexity index is 1170. The van der Waals surface area contributed by atoms with E-state index in [2.05, 4.69) is 10.1 Å². The minimum absolute atomic E-state index is 0.115. The summed E-state index contributed by atoms with van der Waals surface area (Å²) in [5.41, 5.74) is 0.936. The molecule has 1 aliphatic heterocycles. The molecule has 3 heterocycles. The summed E-state index contributed by atoms with van der Waals surface area (Å²) in [6.07, 6.45) is 3.78. The molecule has 32 heavy (non-hydrogen) atoms. The van der Waals surface area contributed by atoms with Gasteiger partial charge >= 0.3 is 0 Å². The Morgan fingerprint density at radius 2 is 2.00 bits per heavy atom. The van der Waals surface area contributed by atoms with Crippen molar-refractivity contribution in [3.8, 4) is 5.88 Å². The van der Waals surface area contributed by atoms with E-state index in [1.165, 1.54) is 11.4 Å². The Kier molecular flexibility index (Phi) is 6.66. The zero-order valence-electron chi connectivity index (χ0n) is 18.8. The van der Waals surface area contributed by atoms with E-state index in [1.807, 2.05) is 24.6 Å². The first-order valence-electron chi connectivity index (χ1n) is 11.0. The molecule has 9 heteroatoms. The molecule has 0 saturated carbocycles. The number of hydrogen-bond acceptors (Lipinski definition) is 6. The van der Waals surface area contributed by atoms with Crippen LogP contribution in [0.15, 0.2) is 47.5 Å². The average molecular weight is 459 g/mol. The lowest BCUT2D eigenvalue weighted by Crippen LogP contribution is -2.35. The summed E-state index contributed by atoms with van der Waals surface area (Å²) < 4.78 is 41.2. The quantitative estimate of drug-likeness (QED) is 0.511. The van der Waals surface area contributed by atoms with Crippen molar-refractivity contribution in [1.82, 2.24) is 14.8 Å². The van der Waals surface area contributed by atoms with E-state index in [9.17, 15) is 8.42 Å². The fraction of sp³-hybridized carbons (Fsp3) is 0.478. The number of hydrogen-bond donors (Lipinski definition) is 0. The van der Waals surface area contributed by atoms with Gasteiger partial charge in [-0.15, -0.1) is 0 Å². The van der Waals surface area contributed by atoms with Crippen LogP contribution in [0.1, 0.15) is 26.7 Å². The molecule has 3 aromatic rings. The van der Waals surface area contributed by atoms with Crippen LogP contribution < -0.4 is 9.04 Å². The summed E-state index contributed by atoms with van der Waals surface area (Å²) in [6.45, 7) is 6.65.